The highest BCUT2D eigenvalue weighted by atomic mass is 19.3. The second-order valence-corrected chi connectivity index (χ2v) is 4.70. The van der Waals surface area contributed by atoms with Crippen LogP contribution in [0.5, 0.6) is 11.5 Å². The predicted molar refractivity (Wildman–Crippen MR) is 71.0 cm³/mol. The molecule has 3 nitrogen and oxygen atoms in total. The van der Waals surface area contributed by atoms with Crippen LogP contribution in [0.25, 0.3) is 0 Å². The van der Waals surface area contributed by atoms with E-state index in [0.717, 1.165) is 12.1 Å². The van der Waals surface area contributed by atoms with E-state index in [1.54, 1.807) is 12.1 Å². The first-order valence-electron chi connectivity index (χ1n) is 6.31. The maximum Gasteiger partial charge on any atom is 0.272 e. The average molecular weight is 273 g/mol. The Morgan fingerprint density at radius 3 is 2.58 bits per heavy atom. The number of alkyl halides is 2. The zero-order chi connectivity index (χ0) is 14.3. The largest absolute Gasteiger partial charge is 0.497 e. The predicted octanol–water partition coefficient (Wildman–Crippen LogP) is 3.08. The second-order valence-electron chi connectivity index (χ2n) is 4.70. The molecule has 0 radical (unpaired) electrons. The van der Waals surface area contributed by atoms with E-state index in [0.29, 0.717) is 24.0 Å². The van der Waals surface area contributed by atoms with Gasteiger partial charge in [0, 0.05) is 18.2 Å². The van der Waals surface area contributed by atoms with Gasteiger partial charge in [-0.25, -0.2) is 8.78 Å². The Balaban J connectivity index is 2.70. The fourth-order valence-electron chi connectivity index (χ4n) is 1.59. The normalized spacial score (nSPS) is 11.1. The highest BCUT2D eigenvalue weighted by Gasteiger charge is 2.09. The number of hydrogen-bond donors (Lipinski definition) is 1. The molecule has 0 bridgehead atoms. The van der Waals surface area contributed by atoms with E-state index in [1.165, 1.54) is 7.11 Å². The maximum absolute atomic E-state index is 12.2. The summed E-state index contributed by atoms with van der Waals surface area (Å²) in [6.07, 6.45) is -2.48. The summed E-state index contributed by atoms with van der Waals surface area (Å²) in [7, 11) is 1.53. The third-order valence-electron chi connectivity index (χ3n) is 2.51. The molecule has 0 saturated carbocycles. The molecule has 0 spiro atoms. The fourth-order valence-corrected chi connectivity index (χ4v) is 1.59. The summed E-state index contributed by atoms with van der Waals surface area (Å²) >= 11 is 0. The number of methoxy groups -OCH3 is 1. The van der Waals surface area contributed by atoms with Crippen LogP contribution in [0.2, 0.25) is 0 Å². The molecule has 0 aromatic heterocycles. The van der Waals surface area contributed by atoms with Gasteiger partial charge in [0.25, 0.3) is 6.43 Å². The minimum absolute atomic E-state index is 0.441. The van der Waals surface area contributed by atoms with Gasteiger partial charge in [-0.15, -0.1) is 0 Å². The molecule has 1 N–H and O–H groups in total. The Morgan fingerprint density at radius 1 is 1.26 bits per heavy atom. The third kappa shape index (κ3) is 5.87. The molecular weight excluding hydrogens is 252 g/mol. The van der Waals surface area contributed by atoms with Gasteiger partial charge in [-0.3, -0.25) is 0 Å². The van der Waals surface area contributed by atoms with E-state index < -0.39 is 13.0 Å². The topological polar surface area (TPSA) is 30.5 Å². The summed E-state index contributed by atoms with van der Waals surface area (Å²) in [6.45, 7) is 5.05. The molecule has 19 heavy (non-hydrogen) atoms. The zero-order valence-corrected chi connectivity index (χ0v) is 11.6. The lowest BCUT2D eigenvalue weighted by Crippen LogP contribution is -2.19. The molecule has 0 amide bonds. The van der Waals surface area contributed by atoms with Crippen LogP contribution in [0.4, 0.5) is 8.78 Å². The highest BCUT2D eigenvalue weighted by Crippen LogP contribution is 2.25. The van der Waals surface area contributed by atoms with Crippen molar-refractivity contribution in [3.63, 3.8) is 0 Å². The molecule has 0 heterocycles. The minimum atomic E-state index is -2.48. The molecule has 1 aromatic carbocycles. The van der Waals surface area contributed by atoms with Crippen LogP contribution in [0.1, 0.15) is 19.4 Å². The quantitative estimate of drug-likeness (QED) is 0.789. The molecule has 108 valence electrons. The number of halogens is 2. The number of nitrogens with one attached hydrogen (secondary N) is 1. The SMILES string of the molecule is COc1ccc(CNCC(C)C)c(OCC(F)F)c1. The molecule has 0 aliphatic heterocycles. The van der Waals surface area contributed by atoms with Gasteiger partial charge in [0.05, 0.1) is 7.11 Å². The van der Waals surface area contributed by atoms with Gasteiger partial charge >= 0.3 is 0 Å². The first kappa shape index (κ1) is 15.7. The Morgan fingerprint density at radius 2 is 2.00 bits per heavy atom. The van der Waals surface area contributed by atoms with Crippen molar-refractivity contribution >= 4 is 0 Å². The first-order valence-corrected chi connectivity index (χ1v) is 6.31. The molecule has 0 unspecified atom stereocenters. The van der Waals surface area contributed by atoms with E-state index in [9.17, 15) is 8.78 Å². The van der Waals surface area contributed by atoms with E-state index >= 15 is 0 Å². The van der Waals surface area contributed by atoms with Crippen molar-refractivity contribution in [1.82, 2.24) is 5.32 Å². The molecule has 0 aliphatic rings. The number of hydrogen-bond acceptors (Lipinski definition) is 3. The standard InChI is InChI=1S/C14H21F2NO2/c1-10(2)7-17-8-11-4-5-12(18-3)6-13(11)19-9-14(15)16/h4-6,10,14,17H,7-9H2,1-3H3. The molecule has 1 rings (SSSR count). The van der Waals surface area contributed by atoms with Crippen molar-refractivity contribution in [1.29, 1.82) is 0 Å². The molecule has 0 atom stereocenters. The van der Waals surface area contributed by atoms with Crippen molar-refractivity contribution in [2.45, 2.75) is 26.8 Å². The molecule has 5 heteroatoms. The molecule has 0 fully saturated rings. The lowest BCUT2D eigenvalue weighted by Gasteiger charge is -2.14. The molecule has 0 saturated heterocycles. The summed E-state index contributed by atoms with van der Waals surface area (Å²) in [5.74, 6) is 1.57. The van der Waals surface area contributed by atoms with Gasteiger partial charge in [0.15, 0.2) is 0 Å². The van der Waals surface area contributed by atoms with E-state index in [4.69, 9.17) is 9.47 Å². The summed E-state index contributed by atoms with van der Waals surface area (Å²) in [5.41, 5.74) is 0.849. The van der Waals surface area contributed by atoms with E-state index in [-0.39, 0.29) is 0 Å². The lowest BCUT2D eigenvalue weighted by molar-refractivity contribution is 0.0812. The Kier molecular flexibility index (Phi) is 6.56. The van der Waals surface area contributed by atoms with Crippen LogP contribution < -0.4 is 14.8 Å². The van der Waals surface area contributed by atoms with Crippen LogP contribution >= 0.6 is 0 Å². The highest BCUT2D eigenvalue weighted by molar-refractivity contribution is 5.40. The van der Waals surface area contributed by atoms with Crippen molar-refractivity contribution in [2.24, 2.45) is 5.92 Å². The van der Waals surface area contributed by atoms with Gasteiger partial charge in [-0.2, -0.15) is 0 Å². The number of rotatable bonds is 8. The molecule has 1 aromatic rings. The van der Waals surface area contributed by atoms with Gasteiger partial charge in [0.1, 0.15) is 18.1 Å². The fraction of sp³-hybridized carbons (Fsp3) is 0.571. The van der Waals surface area contributed by atoms with Gasteiger partial charge < -0.3 is 14.8 Å². The van der Waals surface area contributed by atoms with E-state index in [2.05, 4.69) is 19.2 Å². The summed E-state index contributed by atoms with van der Waals surface area (Å²) in [4.78, 5) is 0. The average Bonchev–Trinajstić information content (AvgIpc) is 2.36. The van der Waals surface area contributed by atoms with Crippen LogP contribution in [-0.4, -0.2) is 26.7 Å². The molecule has 0 aliphatic carbocycles. The van der Waals surface area contributed by atoms with Crippen LogP contribution in [0, 0.1) is 5.92 Å². The van der Waals surface area contributed by atoms with Gasteiger partial charge in [0.2, 0.25) is 0 Å². The van der Waals surface area contributed by atoms with Crippen molar-refractivity contribution in [3.05, 3.63) is 23.8 Å². The second kappa shape index (κ2) is 7.94. The monoisotopic (exact) mass is 273 g/mol. The van der Waals surface area contributed by atoms with Crippen molar-refractivity contribution < 1.29 is 18.3 Å². The Bertz CT molecular complexity index is 384. The zero-order valence-electron chi connectivity index (χ0n) is 11.6. The Hall–Kier alpha value is -1.36. The van der Waals surface area contributed by atoms with Crippen LogP contribution in [0.3, 0.4) is 0 Å². The van der Waals surface area contributed by atoms with Gasteiger partial charge in [-0.05, 0) is 18.5 Å². The maximum atomic E-state index is 12.2. The number of ether oxygens (including phenoxy) is 2. The summed E-state index contributed by atoms with van der Waals surface area (Å²) in [6, 6.07) is 5.25. The van der Waals surface area contributed by atoms with Crippen LogP contribution in [0.15, 0.2) is 18.2 Å². The Labute approximate surface area is 112 Å². The lowest BCUT2D eigenvalue weighted by atomic mass is 10.1. The first-order chi connectivity index (χ1) is 9.02. The van der Waals surface area contributed by atoms with E-state index in [1.807, 2.05) is 6.07 Å². The minimum Gasteiger partial charge on any atom is -0.497 e. The van der Waals surface area contributed by atoms with Crippen molar-refractivity contribution in [2.75, 3.05) is 20.3 Å². The van der Waals surface area contributed by atoms with Crippen molar-refractivity contribution in [3.8, 4) is 11.5 Å². The smallest absolute Gasteiger partial charge is 0.272 e. The number of benzene rings is 1. The van der Waals surface area contributed by atoms with Gasteiger partial charge in [-0.1, -0.05) is 19.9 Å². The van der Waals surface area contributed by atoms with Crippen LogP contribution in [-0.2, 0) is 6.54 Å². The third-order valence-corrected chi connectivity index (χ3v) is 2.51. The summed E-state index contributed by atoms with van der Waals surface area (Å²) in [5, 5.41) is 3.26. The molecular formula is C14H21F2NO2. The summed E-state index contributed by atoms with van der Waals surface area (Å²) < 4.78 is 34.6.